The number of esters is 1. The highest BCUT2D eigenvalue weighted by Crippen LogP contribution is 2.26. The van der Waals surface area contributed by atoms with Gasteiger partial charge in [-0.15, -0.1) is 11.6 Å². The van der Waals surface area contributed by atoms with Gasteiger partial charge in [0.2, 0.25) is 5.91 Å². The predicted octanol–water partition coefficient (Wildman–Crippen LogP) is 2.85. The normalized spacial score (nSPS) is 18.5. The van der Waals surface area contributed by atoms with E-state index in [9.17, 15) is 9.59 Å². The standard InChI is InChI=1S/C16H18ClNO3/c1-2-21-16(20)8-5-12-3-6-14(7-4-12)18-11-13(10-17)9-15(18)19/h3-8,13H,2,9-11H2,1H3/b8-5+. The number of carbonyl (C=O) groups excluding carboxylic acids is 2. The molecule has 1 heterocycles. The van der Waals surface area contributed by atoms with Crippen LogP contribution in [0, 0.1) is 5.92 Å². The number of nitrogens with zero attached hydrogens (tertiary/aromatic N) is 1. The van der Waals surface area contributed by atoms with Crippen LogP contribution in [0.15, 0.2) is 30.3 Å². The van der Waals surface area contributed by atoms with E-state index in [0.717, 1.165) is 11.3 Å². The summed E-state index contributed by atoms with van der Waals surface area (Å²) < 4.78 is 4.82. The molecule has 1 aliphatic heterocycles. The summed E-state index contributed by atoms with van der Waals surface area (Å²) in [6.07, 6.45) is 3.59. The van der Waals surface area contributed by atoms with Gasteiger partial charge in [0.1, 0.15) is 0 Å². The molecule has 0 radical (unpaired) electrons. The number of carbonyl (C=O) groups is 2. The van der Waals surface area contributed by atoms with E-state index in [1.54, 1.807) is 17.9 Å². The highest BCUT2D eigenvalue weighted by molar-refractivity contribution is 6.18. The van der Waals surface area contributed by atoms with Gasteiger partial charge >= 0.3 is 5.97 Å². The largest absolute Gasteiger partial charge is 0.463 e. The molecule has 21 heavy (non-hydrogen) atoms. The minimum Gasteiger partial charge on any atom is -0.463 e. The maximum atomic E-state index is 11.9. The molecule has 0 aromatic heterocycles. The molecule has 2 rings (SSSR count). The van der Waals surface area contributed by atoms with Crippen LogP contribution in [0.25, 0.3) is 6.08 Å². The molecule has 0 aliphatic carbocycles. The van der Waals surface area contributed by atoms with Crippen molar-refractivity contribution in [1.82, 2.24) is 0 Å². The maximum absolute atomic E-state index is 11.9. The second-order valence-corrected chi connectivity index (χ2v) is 5.21. The van der Waals surface area contributed by atoms with E-state index in [0.29, 0.717) is 25.5 Å². The topological polar surface area (TPSA) is 46.6 Å². The Labute approximate surface area is 129 Å². The van der Waals surface area contributed by atoms with E-state index >= 15 is 0 Å². The van der Waals surface area contributed by atoms with E-state index in [4.69, 9.17) is 16.3 Å². The summed E-state index contributed by atoms with van der Waals surface area (Å²) in [5.74, 6) is 0.474. The average Bonchev–Trinajstić information content (AvgIpc) is 2.87. The molecule has 4 nitrogen and oxygen atoms in total. The molecule has 0 spiro atoms. The van der Waals surface area contributed by atoms with Crippen molar-refractivity contribution < 1.29 is 14.3 Å². The monoisotopic (exact) mass is 307 g/mol. The van der Waals surface area contributed by atoms with Gasteiger partial charge in [-0.05, 0) is 36.6 Å². The third-order valence-corrected chi connectivity index (χ3v) is 3.76. The van der Waals surface area contributed by atoms with Crippen LogP contribution in [0.2, 0.25) is 0 Å². The summed E-state index contributed by atoms with van der Waals surface area (Å²) in [7, 11) is 0. The Kier molecular flexibility index (Phi) is 5.39. The number of ether oxygens (including phenoxy) is 1. The molecule has 112 valence electrons. The van der Waals surface area contributed by atoms with Crippen molar-refractivity contribution in [3.63, 3.8) is 0 Å². The lowest BCUT2D eigenvalue weighted by atomic mass is 10.1. The van der Waals surface area contributed by atoms with E-state index in [1.165, 1.54) is 6.08 Å². The first-order valence-electron chi connectivity index (χ1n) is 6.95. The minimum absolute atomic E-state index is 0.107. The molecule has 1 aromatic carbocycles. The first-order valence-corrected chi connectivity index (χ1v) is 7.48. The van der Waals surface area contributed by atoms with E-state index in [2.05, 4.69) is 0 Å². The number of alkyl halides is 1. The first kappa shape index (κ1) is 15.6. The van der Waals surface area contributed by atoms with Crippen molar-refractivity contribution in [2.45, 2.75) is 13.3 Å². The van der Waals surface area contributed by atoms with Crippen LogP contribution < -0.4 is 4.90 Å². The van der Waals surface area contributed by atoms with Gasteiger partial charge in [0.25, 0.3) is 0 Å². The molecule has 0 N–H and O–H groups in total. The molecule has 1 amide bonds. The average molecular weight is 308 g/mol. The number of hydrogen-bond acceptors (Lipinski definition) is 3. The summed E-state index contributed by atoms with van der Waals surface area (Å²) in [4.78, 5) is 24.9. The predicted molar refractivity (Wildman–Crippen MR) is 83.3 cm³/mol. The van der Waals surface area contributed by atoms with E-state index in [1.807, 2.05) is 24.3 Å². The third-order valence-electron chi connectivity index (χ3n) is 3.33. The zero-order chi connectivity index (χ0) is 15.2. The number of halogens is 1. The maximum Gasteiger partial charge on any atom is 0.330 e. The fourth-order valence-electron chi connectivity index (χ4n) is 2.25. The zero-order valence-electron chi connectivity index (χ0n) is 11.9. The molecule has 1 aliphatic rings. The van der Waals surface area contributed by atoms with Crippen molar-refractivity contribution in [2.24, 2.45) is 5.92 Å². The summed E-state index contributed by atoms with van der Waals surface area (Å²) >= 11 is 5.82. The number of amides is 1. The van der Waals surface area contributed by atoms with Crippen LogP contribution in [-0.4, -0.2) is 30.9 Å². The Bertz CT molecular complexity index is 539. The molecule has 1 unspecified atom stereocenters. The van der Waals surface area contributed by atoms with E-state index < -0.39 is 0 Å². The van der Waals surface area contributed by atoms with Gasteiger partial charge in [0.15, 0.2) is 0 Å². The van der Waals surface area contributed by atoms with Crippen LogP contribution in [0.1, 0.15) is 18.9 Å². The molecule has 1 atom stereocenters. The van der Waals surface area contributed by atoms with Crippen molar-refractivity contribution in [3.05, 3.63) is 35.9 Å². The smallest absolute Gasteiger partial charge is 0.330 e. The second-order valence-electron chi connectivity index (χ2n) is 4.91. The SMILES string of the molecule is CCOC(=O)/C=C/c1ccc(N2CC(CCl)CC2=O)cc1. The third kappa shape index (κ3) is 4.08. The molecule has 1 aromatic rings. The van der Waals surface area contributed by atoms with Gasteiger partial charge in [-0.3, -0.25) is 4.79 Å². The quantitative estimate of drug-likeness (QED) is 0.477. The summed E-state index contributed by atoms with van der Waals surface area (Å²) in [6.45, 7) is 2.79. The van der Waals surface area contributed by atoms with Gasteiger partial charge in [-0.25, -0.2) is 4.79 Å². The summed E-state index contributed by atoms with van der Waals surface area (Å²) in [5.41, 5.74) is 1.74. The van der Waals surface area contributed by atoms with Crippen LogP contribution in [-0.2, 0) is 14.3 Å². The zero-order valence-corrected chi connectivity index (χ0v) is 12.7. The molecule has 0 saturated carbocycles. The van der Waals surface area contributed by atoms with Crippen molar-refractivity contribution >= 4 is 35.2 Å². The van der Waals surface area contributed by atoms with Gasteiger partial charge in [0.05, 0.1) is 6.61 Å². The number of benzene rings is 1. The van der Waals surface area contributed by atoms with Crippen LogP contribution in [0.5, 0.6) is 0 Å². The molecule has 5 heteroatoms. The Morgan fingerprint density at radius 2 is 2.14 bits per heavy atom. The lowest BCUT2D eigenvalue weighted by Crippen LogP contribution is -2.24. The Balaban J connectivity index is 2.02. The van der Waals surface area contributed by atoms with Gasteiger partial charge in [-0.1, -0.05) is 12.1 Å². The lowest BCUT2D eigenvalue weighted by molar-refractivity contribution is -0.137. The molecular weight excluding hydrogens is 290 g/mol. The fraction of sp³-hybridized carbons (Fsp3) is 0.375. The lowest BCUT2D eigenvalue weighted by Gasteiger charge is -2.16. The van der Waals surface area contributed by atoms with Crippen LogP contribution in [0.4, 0.5) is 5.69 Å². The van der Waals surface area contributed by atoms with Crippen molar-refractivity contribution in [1.29, 1.82) is 0 Å². The highest BCUT2D eigenvalue weighted by Gasteiger charge is 2.29. The van der Waals surface area contributed by atoms with Gasteiger partial charge < -0.3 is 9.64 Å². The second kappa shape index (κ2) is 7.27. The number of rotatable bonds is 5. The van der Waals surface area contributed by atoms with Crippen LogP contribution in [0.3, 0.4) is 0 Å². The molecule has 0 bridgehead atoms. The van der Waals surface area contributed by atoms with Crippen molar-refractivity contribution in [2.75, 3.05) is 23.9 Å². The van der Waals surface area contributed by atoms with E-state index in [-0.39, 0.29) is 17.8 Å². The Morgan fingerprint density at radius 3 is 2.71 bits per heavy atom. The Morgan fingerprint density at radius 1 is 1.43 bits per heavy atom. The molecular formula is C16H18ClNO3. The van der Waals surface area contributed by atoms with Crippen LogP contribution >= 0.6 is 11.6 Å². The summed E-state index contributed by atoms with van der Waals surface area (Å²) in [6, 6.07) is 7.48. The van der Waals surface area contributed by atoms with Gasteiger partial charge in [0, 0.05) is 30.6 Å². The van der Waals surface area contributed by atoms with Crippen molar-refractivity contribution in [3.8, 4) is 0 Å². The highest BCUT2D eigenvalue weighted by atomic mass is 35.5. The fourth-order valence-corrected chi connectivity index (χ4v) is 2.46. The summed E-state index contributed by atoms with van der Waals surface area (Å²) in [5, 5.41) is 0. The Hall–Kier alpha value is -1.81. The molecule has 1 saturated heterocycles. The number of anilines is 1. The first-order chi connectivity index (χ1) is 10.1. The molecule has 1 fully saturated rings. The van der Waals surface area contributed by atoms with Gasteiger partial charge in [-0.2, -0.15) is 0 Å². The number of hydrogen-bond donors (Lipinski definition) is 0. The minimum atomic E-state index is -0.360.